The Labute approximate surface area is 761 Å². The van der Waals surface area contributed by atoms with E-state index in [1.165, 1.54) is 70.0 Å². The maximum absolute atomic E-state index is 13.6. The molecule has 1 aliphatic heterocycles. The first kappa shape index (κ1) is 95.2. The van der Waals surface area contributed by atoms with Gasteiger partial charge >= 0.3 is 14.2 Å². The van der Waals surface area contributed by atoms with Crippen molar-refractivity contribution < 1.29 is 55.9 Å². The molecule has 127 heavy (non-hydrogen) atoms. The van der Waals surface area contributed by atoms with Gasteiger partial charge in [0.1, 0.15) is 34.9 Å². The van der Waals surface area contributed by atoms with E-state index >= 15 is 0 Å². The van der Waals surface area contributed by atoms with Crippen molar-refractivity contribution in [3.8, 4) is 79.1 Å². The standard InChI is InChI=1S/C25H18F2N6O.C21H13BrF2N4O.C11H9BrN2O.C10H17BN2O2.C10H6F2N2O.C7H9BO3.C4H2BrIN2/c1-32-15-20(13-30-32)19-11-28-25(29-12-19)17-4-2-3-16(7-17)14-33-24(34)6-5-23(31-33)18-8-21(26)10-22(27)9-18;22-16-10-25-21(26-11-16)14-3-1-2-13(6-14)12-28-20(29)5-4-19(27-28)15-7-17(23)9-18(24)8-15;12-10-5-13-11(14-6-10)9-3-1-2-8(4-9)7-15;1-9(2)10(3,4)15-11(14-9)8-6-12-13(5)7-8;11-7-3-6(4-8(12)5-7)9-1-2-10(15)14-13-9;9-5-6-2-1-3-7(4-6)8(10)11;5-3-1-7-4(6)8-2-3/h2-13,15H,14H2,1H3;1-11H,12H2;1-6,15H,7H2;6-7H,1-5H3;1-5H,(H,14,15);1-4,9-11H,5H2;1-2H. The Kier molecular flexibility index (Phi) is 33.5. The second kappa shape index (κ2) is 44.6. The summed E-state index contributed by atoms with van der Waals surface area (Å²) >= 11 is 11.9. The number of benzene rings is 7. The summed E-state index contributed by atoms with van der Waals surface area (Å²) in [5.74, 6) is -2.44. The number of H-pyrrole nitrogens is 1. The van der Waals surface area contributed by atoms with Gasteiger partial charge in [-0.1, -0.05) is 78.9 Å². The van der Waals surface area contributed by atoms with Crippen molar-refractivity contribution in [2.45, 2.75) is 65.2 Å². The minimum absolute atomic E-state index is 0.0321. The summed E-state index contributed by atoms with van der Waals surface area (Å²) in [6, 6.07) is 46.5. The number of nitrogens with one attached hydrogen (secondary N) is 1. The van der Waals surface area contributed by atoms with Crippen molar-refractivity contribution in [3.05, 3.63) is 368 Å². The fraction of sp³-hybridized carbons (Fsp3) is 0.136. The Hall–Kier alpha value is -12.4. The lowest BCUT2D eigenvalue weighted by Crippen LogP contribution is -2.41. The largest absolute Gasteiger partial charge is 0.498 e. The predicted molar refractivity (Wildman–Crippen MR) is 486 cm³/mol. The molecule has 1 aliphatic rings. The number of aryl methyl sites for hydroxylation is 2. The monoisotopic (exact) mass is 2030 g/mol. The number of halogens is 10. The molecule has 0 aliphatic carbocycles. The molecule has 9 aromatic heterocycles. The number of aromatic nitrogens is 18. The highest BCUT2D eigenvalue weighted by atomic mass is 127. The zero-order chi connectivity index (χ0) is 91.1. The Morgan fingerprint density at radius 3 is 1.17 bits per heavy atom. The van der Waals surface area contributed by atoms with E-state index in [2.05, 4.69) is 141 Å². The fourth-order valence-electron chi connectivity index (χ4n) is 11.6. The number of aromatic amines is 1. The highest BCUT2D eigenvalue weighted by molar-refractivity contribution is 14.1. The number of aliphatic hydroxyl groups is 2. The minimum atomic E-state index is -1.46. The molecule has 646 valence electrons. The van der Waals surface area contributed by atoms with Crippen LogP contribution in [-0.4, -0.2) is 135 Å². The van der Waals surface area contributed by atoms with E-state index in [0.29, 0.717) is 45.6 Å². The topological polar surface area (TPSA) is 354 Å². The van der Waals surface area contributed by atoms with Crippen LogP contribution >= 0.6 is 70.4 Å². The van der Waals surface area contributed by atoms with E-state index in [-0.39, 0.29) is 78.0 Å². The van der Waals surface area contributed by atoms with Gasteiger partial charge in [-0.05, 0) is 176 Å². The van der Waals surface area contributed by atoms with Crippen LogP contribution in [0.2, 0.25) is 0 Å². The van der Waals surface area contributed by atoms with E-state index in [4.69, 9.17) is 29.6 Å². The third kappa shape index (κ3) is 28.0. The smallest absolute Gasteiger partial charge is 0.423 e. The molecule has 0 bridgehead atoms. The normalized spacial score (nSPS) is 12.0. The quantitative estimate of drug-likeness (QED) is 0.0275. The Balaban J connectivity index is 0.000000151. The van der Waals surface area contributed by atoms with Crippen LogP contribution in [0.5, 0.6) is 0 Å². The van der Waals surface area contributed by atoms with Crippen molar-refractivity contribution in [1.82, 2.24) is 89.2 Å². The molecule has 17 rings (SSSR count). The first-order valence-corrected chi connectivity index (χ1v) is 41.5. The van der Waals surface area contributed by atoms with Gasteiger partial charge < -0.3 is 29.6 Å². The molecule has 0 atom stereocenters. The number of nitrogens with zero attached hydrogens (tertiary/aromatic N) is 17. The number of hydrogen-bond donors (Lipinski definition) is 5. The summed E-state index contributed by atoms with van der Waals surface area (Å²) in [5, 5.41) is 57.8. The molecule has 0 spiro atoms. The van der Waals surface area contributed by atoms with Crippen LogP contribution in [0.3, 0.4) is 0 Å². The van der Waals surface area contributed by atoms with Crippen molar-refractivity contribution in [1.29, 1.82) is 0 Å². The van der Waals surface area contributed by atoms with Crippen LogP contribution in [0.4, 0.5) is 26.3 Å². The van der Waals surface area contributed by atoms with Crippen molar-refractivity contribution in [2.75, 3.05) is 0 Å². The summed E-state index contributed by atoms with van der Waals surface area (Å²) in [4.78, 5) is 69.0. The van der Waals surface area contributed by atoms with Gasteiger partial charge in [0.2, 0.25) is 0 Å². The minimum Gasteiger partial charge on any atom is -0.423 e. The highest BCUT2D eigenvalue weighted by Crippen LogP contribution is 2.37. The Bertz CT molecular complexity index is 6500. The first-order chi connectivity index (χ1) is 60.7. The summed E-state index contributed by atoms with van der Waals surface area (Å²) in [7, 11) is 1.97. The van der Waals surface area contributed by atoms with Crippen LogP contribution in [-0.2, 0) is 49.7 Å². The second-order valence-electron chi connectivity index (χ2n) is 28.6. The fourth-order valence-corrected chi connectivity index (χ4v) is 12.5. The molecule has 10 heterocycles. The van der Waals surface area contributed by atoms with Crippen LogP contribution in [0.25, 0.3) is 79.1 Å². The third-order valence-corrected chi connectivity index (χ3v) is 20.3. The average Bonchev–Trinajstić information content (AvgIpc) is 1.63. The van der Waals surface area contributed by atoms with Crippen molar-refractivity contribution >= 4 is 95.5 Å². The lowest BCUT2D eigenvalue weighted by Gasteiger charge is -2.32. The summed E-state index contributed by atoms with van der Waals surface area (Å²) in [5.41, 5.74) is 8.90. The molecule has 1 fully saturated rings. The Morgan fingerprint density at radius 2 is 0.787 bits per heavy atom. The molecule has 7 aromatic carbocycles. The molecular weight excluding hydrogens is 1960 g/mol. The maximum atomic E-state index is 13.6. The maximum Gasteiger partial charge on any atom is 0.498 e. The summed E-state index contributed by atoms with van der Waals surface area (Å²) in [6.07, 6.45) is 21.0. The van der Waals surface area contributed by atoms with Crippen LogP contribution in [0.15, 0.2) is 290 Å². The Morgan fingerprint density at radius 1 is 0.417 bits per heavy atom. The van der Waals surface area contributed by atoms with Crippen LogP contribution < -0.4 is 27.6 Å². The van der Waals surface area contributed by atoms with Gasteiger partial charge in [0.15, 0.2) is 21.3 Å². The van der Waals surface area contributed by atoms with Gasteiger partial charge in [0, 0.05) is 191 Å². The lowest BCUT2D eigenvalue weighted by atomic mass is 9.80. The molecule has 0 unspecified atom stereocenters. The molecule has 5 N–H and O–H groups in total. The number of hydrogen-bond acceptors (Lipinski definition) is 22. The van der Waals surface area contributed by atoms with Gasteiger partial charge in [-0.25, -0.2) is 80.7 Å². The van der Waals surface area contributed by atoms with Gasteiger partial charge in [-0.2, -0.15) is 25.5 Å². The molecule has 0 amide bonds. The van der Waals surface area contributed by atoms with Crippen LogP contribution in [0.1, 0.15) is 49.9 Å². The number of rotatable bonds is 15. The van der Waals surface area contributed by atoms with Crippen molar-refractivity contribution in [2.24, 2.45) is 14.1 Å². The SMILES string of the molecule is Brc1cnc(I)nc1.Cn1cc(-c2cnc(-c3cccc(Cn4nc(-c5cc(F)cc(F)c5)ccc4=O)c3)nc2)cn1.Cn1cc(B2OC(C)(C)C(C)(C)O2)cn1.O=c1ccc(-c2cc(F)cc(F)c2)n[nH]1.O=c1ccc(-c2cc(F)cc(F)c2)nn1Cc1cccc(-c2ncc(Br)cn2)c1.OCc1cccc(-c2ncc(Br)cn2)c1.OCc1cccc(B(O)O)c1. The second-order valence-corrected chi connectivity index (χ2v) is 32.3. The van der Waals surface area contributed by atoms with E-state index < -0.39 is 42.0 Å². The number of aliphatic hydroxyl groups excluding tert-OH is 2. The molecule has 0 saturated carbocycles. The van der Waals surface area contributed by atoms with Crippen molar-refractivity contribution in [3.63, 3.8) is 0 Å². The summed E-state index contributed by atoms with van der Waals surface area (Å²) in [6.45, 7) is 8.49. The van der Waals surface area contributed by atoms with E-state index in [0.717, 1.165) is 97.6 Å². The lowest BCUT2D eigenvalue weighted by molar-refractivity contribution is 0.00578. The molecule has 39 heteroatoms. The van der Waals surface area contributed by atoms with E-state index in [9.17, 15) is 40.7 Å². The zero-order valence-electron chi connectivity index (χ0n) is 68.0. The van der Waals surface area contributed by atoms with Gasteiger partial charge in [-0.15, -0.1) is 0 Å². The van der Waals surface area contributed by atoms with E-state index in [1.807, 2.05) is 127 Å². The van der Waals surface area contributed by atoms with Gasteiger partial charge in [0.05, 0.1) is 74.2 Å². The molecular formula is C88H74B2Br3F6IN18O9. The zero-order valence-corrected chi connectivity index (χ0v) is 74.9. The molecule has 1 saturated heterocycles. The van der Waals surface area contributed by atoms with Crippen LogP contribution in [0, 0.1) is 38.7 Å². The third-order valence-electron chi connectivity index (χ3n) is 18.5. The molecule has 0 radical (unpaired) electrons. The molecule has 16 aromatic rings. The van der Waals surface area contributed by atoms with Gasteiger partial charge in [-0.3, -0.25) is 23.7 Å². The highest BCUT2D eigenvalue weighted by Gasteiger charge is 2.52. The summed E-state index contributed by atoms with van der Waals surface area (Å²) < 4.78 is 101. The van der Waals surface area contributed by atoms with Gasteiger partial charge in [0.25, 0.3) is 16.7 Å². The average molecular weight is 2030 g/mol. The predicted octanol–water partition coefficient (Wildman–Crippen LogP) is 14.1. The molecule has 27 nitrogen and oxygen atoms in total. The van der Waals surface area contributed by atoms with E-state index in [1.54, 1.807) is 95.6 Å². The first-order valence-electron chi connectivity index (χ1n) is 38.0.